The summed E-state index contributed by atoms with van der Waals surface area (Å²) in [6.45, 7) is 13.3. The van der Waals surface area contributed by atoms with Crippen molar-refractivity contribution in [2.75, 3.05) is 6.61 Å². The fraction of sp³-hybridized carbons (Fsp3) is 0.474. The van der Waals surface area contributed by atoms with Gasteiger partial charge in [-0.1, -0.05) is 24.6 Å². The number of rotatable bonds is 5. The summed E-state index contributed by atoms with van der Waals surface area (Å²) < 4.78 is 7.11. The second kappa shape index (κ2) is 6.99. The third-order valence-corrected chi connectivity index (χ3v) is 4.09. The fourth-order valence-corrected chi connectivity index (χ4v) is 3.26. The molecule has 0 spiro atoms. The maximum Gasteiger partial charge on any atom is 0.359 e. The highest BCUT2D eigenvalue weighted by atomic mass is 16.5. The van der Waals surface area contributed by atoms with Crippen LogP contribution in [0.25, 0.3) is 11.3 Å². The first-order chi connectivity index (χ1) is 10.9. The minimum absolute atomic E-state index is 0.333. The number of benzene rings is 1. The molecule has 4 nitrogen and oxygen atoms in total. The first kappa shape index (κ1) is 17.3. The molecular formula is C19H26N2O2. The van der Waals surface area contributed by atoms with E-state index < -0.39 is 0 Å². The van der Waals surface area contributed by atoms with Crippen LogP contribution in [-0.4, -0.2) is 22.4 Å². The number of aromatic nitrogens is 2. The van der Waals surface area contributed by atoms with Crippen LogP contribution in [0.3, 0.4) is 0 Å². The van der Waals surface area contributed by atoms with Gasteiger partial charge in [-0.3, -0.25) is 4.68 Å². The number of hydrogen-bond donors (Lipinski definition) is 0. The molecular weight excluding hydrogens is 288 g/mol. The predicted octanol–water partition coefficient (Wildman–Crippen LogP) is 4.23. The van der Waals surface area contributed by atoms with Gasteiger partial charge in [-0.05, 0) is 52.2 Å². The molecule has 4 heteroatoms. The smallest absolute Gasteiger partial charge is 0.359 e. The van der Waals surface area contributed by atoms with Crippen LogP contribution in [0.5, 0.6) is 0 Å². The molecule has 0 aliphatic heterocycles. The molecule has 0 unspecified atom stereocenters. The van der Waals surface area contributed by atoms with E-state index in [1.54, 1.807) is 0 Å². The van der Waals surface area contributed by atoms with E-state index in [1.807, 2.05) is 18.5 Å². The van der Waals surface area contributed by atoms with E-state index in [1.165, 1.54) is 22.3 Å². The first-order valence-corrected chi connectivity index (χ1v) is 8.29. The van der Waals surface area contributed by atoms with Crippen molar-refractivity contribution in [1.29, 1.82) is 0 Å². The monoisotopic (exact) mass is 314 g/mol. The van der Waals surface area contributed by atoms with Crippen LogP contribution in [0.1, 0.15) is 53.5 Å². The lowest BCUT2D eigenvalue weighted by atomic mass is 9.93. The van der Waals surface area contributed by atoms with Crippen molar-refractivity contribution in [2.45, 2.75) is 54.5 Å². The van der Waals surface area contributed by atoms with Gasteiger partial charge in [0.1, 0.15) is 0 Å². The van der Waals surface area contributed by atoms with Crippen LogP contribution in [0.2, 0.25) is 0 Å². The minimum Gasteiger partial charge on any atom is -0.461 e. The van der Waals surface area contributed by atoms with Gasteiger partial charge in [0, 0.05) is 17.7 Å². The second-order valence-corrected chi connectivity index (χ2v) is 5.84. The molecule has 1 heterocycles. The lowest BCUT2D eigenvalue weighted by molar-refractivity contribution is 0.0517. The van der Waals surface area contributed by atoms with Crippen molar-refractivity contribution in [3.63, 3.8) is 0 Å². The molecule has 23 heavy (non-hydrogen) atoms. The van der Waals surface area contributed by atoms with Gasteiger partial charge in [0.25, 0.3) is 0 Å². The van der Waals surface area contributed by atoms with Crippen LogP contribution >= 0.6 is 0 Å². The molecule has 0 aliphatic carbocycles. The van der Waals surface area contributed by atoms with Gasteiger partial charge in [0.2, 0.25) is 0 Å². The van der Waals surface area contributed by atoms with Gasteiger partial charge in [-0.2, -0.15) is 5.10 Å². The standard InChI is InChI=1S/C19H26N2O2/c1-7-15-17(19(22)23-9-3)20-21(8-2)18(15)16-13(5)10-12(4)11-14(16)6/h10-11H,7-9H2,1-6H3. The maximum absolute atomic E-state index is 12.3. The quantitative estimate of drug-likeness (QED) is 0.776. The third kappa shape index (κ3) is 3.16. The van der Waals surface area contributed by atoms with Crippen LogP contribution in [0, 0.1) is 20.8 Å². The summed E-state index contributed by atoms with van der Waals surface area (Å²) in [5, 5.41) is 4.54. The van der Waals surface area contributed by atoms with Gasteiger partial charge in [0.15, 0.2) is 5.69 Å². The molecule has 1 aromatic carbocycles. The molecule has 2 aromatic rings. The molecule has 1 aromatic heterocycles. The predicted molar refractivity (Wildman–Crippen MR) is 92.9 cm³/mol. The zero-order valence-corrected chi connectivity index (χ0v) is 15.0. The van der Waals surface area contributed by atoms with E-state index in [0.717, 1.165) is 17.7 Å². The summed E-state index contributed by atoms with van der Waals surface area (Å²) in [5.41, 5.74) is 7.32. The normalized spacial score (nSPS) is 10.9. The molecule has 124 valence electrons. The largest absolute Gasteiger partial charge is 0.461 e. The number of carbonyl (C=O) groups excluding carboxylic acids is 1. The molecule has 0 N–H and O–H groups in total. The molecule has 0 atom stereocenters. The summed E-state index contributed by atoms with van der Waals surface area (Å²) in [6, 6.07) is 4.36. The topological polar surface area (TPSA) is 44.1 Å². The van der Waals surface area contributed by atoms with Gasteiger partial charge in [-0.25, -0.2) is 4.79 Å². The van der Waals surface area contributed by atoms with E-state index in [9.17, 15) is 4.79 Å². The van der Waals surface area contributed by atoms with Gasteiger partial charge < -0.3 is 4.74 Å². The van der Waals surface area contributed by atoms with Crippen molar-refractivity contribution in [2.24, 2.45) is 0 Å². The average molecular weight is 314 g/mol. The van der Waals surface area contributed by atoms with Crippen LogP contribution in [0.15, 0.2) is 12.1 Å². The molecule has 0 radical (unpaired) electrons. The second-order valence-electron chi connectivity index (χ2n) is 5.84. The number of carbonyl (C=O) groups is 1. The number of ether oxygens (including phenoxy) is 1. The number of esters is 1. The minimum atomic E-state index is -0.333. The SMILES string of the molecule is CCOC(=O)c1nn(CC)c(-c2c(C)cc(C)cc2C)c1CC. The average Bonchev–Trinajstić information content (AvgIpc) is 2.85. The summed E-state index contributed by atoms with van der Waals surface area (Å²) in [6.07, 6.45) is 0.746. The Hall–Kier alpha value is -2.10. The van der Waals surface area contributed by atoms with Crippen molar-refractivity contribution < 1.29 is 9.53 Å². The van der Waals surface area contributed by atoms with E-state index in [2.05, 4.69) is 44.9 Å². The summed E-state index contributed by atoms with van der Waals surface area (Å²) >= 11 is 0. The fourth-order valence-electron chi connectivity index (χ4n) is 3.26. The van der Waals surface area contributed by atoms with E-state index in [4.69, 9.17) is 4.74 Å². The van der Waals surface area contributed by atoms with E-state index in [-0.39, 0.29) is 5.97 Å². The first-order valence-electron chi connectivity index (χ1n) is 8.29. The van der Waals surface area contributed by atoms with Crippen molar-refractivity contribution >= 4 is 5.97 Å². The molecule has 2 rings (SSSR count). The lowest BCUT2D eigenvalue weighted by Gasteiger charge is -2.14. The Morgan fingerprint density at radius 1 is 1.13 bits per heavy atom. The summed E-state index contributed by atoms with van der Waals surface area (Å²) in [4.78, 5) is 12.3. The Kier molecular flexibility index (Phi) is 5.24. The number of nitrogens with zero attached hydrogens (tertiary/aromatic N) is 2. The Morgan fingerprint density at radius 2 is 1.74 bits per heavy atom. The van der Waals surface area contributed by atoms with E-state index >= 15 is 0 Å². The maximum atomic E-state index is 12.3. The Bertz CT molecular complexity index is 706. The zero-order valence-electron chi connectivity index (χ0n) is 15.0. The van der Waals surface area contributed by atoms with E-state index in [0.29, 0.717) is 18.8 Å². The van der Waals surface area contributed by atoms with Gasteiger partial charge in [0.05, 0.1) is 12.3 Å². The molecule has 0 saturated carbocycles. The molecule has 0 fully saturated rings. The van der Waals surface area contributed by atoms with Crippen LogP contribution in [0.4, 0.5) is 0 Å². The van der Waals surface area contributed by atoms with Gasteiger partial charge >= 0.3 is 5.97 Å². The zero-order chi connectivity index (χ0) is 17.1. The van der Waals surface area contributed by atoms with Crippen molar-refractivity contribution in [3.8, 4) is 11.3 Å². The van der Waals surface area contributed by atoms with Crippen LogP contribution in [-0.2, 0) is 17.7 Å². The highest BCUT2D eigenvalue weighted by Gasteiger charge is 2.25. The van der Waals surface area contributed by atoms with Crippen molar-refractivity contribution in [1.82, 2.24) is 9.78 Å². The highest BCUT2D eigenvalue weighted by Crippen LogP contribution is 2.33. The third-order valence-electron chi connectivity index (χ3n) is 4.09. The Morgan fingerprint density at radius 3 is 2.22 bits per heavy atom. The Labute approximate surface area is 138 Å². The number of aryl methyl sites for hydroxylation is 4. The number of hydrogen-bond acceptors (Lipinski definition) is 3. The molecule has 0 amide bonds. The van der Waals surface area contributed by atoms with Gasteiger partial charge in [-0.15, -0.1) is 0 Å². The summed E-state index contributed by atoms with van der Waals surface area (Å²) in [7, 11) is 0. The lowest BCUT2D eigenvalue weighted by Crippen LogP contribution is -2.08. The molecule has 0 saturated heterocycles. The molecule has 0 aliphatic rings. The Balaban J connectivity index is 2.74. The molecule has 0 bridgehead atoms. The highest BCUT2D eigenvalue weighted by molar-refractivity contribution is 5.92. The summed E-state index contributed by atoms with van der Waals surface area (Å²) in [5.74, 6) is -0.333. The van der Waals surface area contributed by atoms with Crippen LogP contribution < -0.4 is 0 Å². The van der Waals surface area contributed by atoms with Crippen molar-refractivity contribution in [3.05, 3.63) is 40.1 Å².